The molecule has 0 spiro atoms. The average Bonchev–Trinajstić information content (AvgIpc) is 2.89. The highest BCUT2D eigenvalue weighted by atomic mass is 19.1. The van der Waals surface area contributed by atoms with Gasteiger partial charge in [-0.05, 0) is 12.1 Å². The number of hydrogen-bond acceptors (Lipinski definition) is 3. The summed E-state index contributed by atoms with van der Waals surface area (Å²) in [6, 6.07) is 8.22. The van der Waals surface area contributed by atoms with Gasteiger partial charge in [-0.3, -0.25) is 4.98 Å². The van der Waals surface area contributed by atoms with Gasteiger partial charge in [0.1, 0.15) is 11.6 Å². The van der Waals surface area contributed by atoms with Crippen LogP contribution in [0.3, 0.4) is 0 Å². The fourth-order valence-corrected chi connectivity index (χ4v) is 2.12. The van der Waals surface area contributed by atoms with Gasteiger partial charge < -0.3 is 14.2 Å². The maximum Gasteiger partial charge on any atom is 0.137 e. The maximum atomic E-state index is 13.3. The predicted octanol–water partition coefficient (Wildman–Crippen LogP) is 2.90. The van der Waals surface area contributed by atoms with Crippen LogP contribution in [0.5, 0.6) is 5.75 Å². The molecule has 0 aliphatic heterocycles. The van der Waals surface area contributed by atoms with Crippen LogP contribution < -0.4 is 4.74 Å². The summed E-state index contributed by atoms with van der Waals surface area (Å²) in [7, 11) is 0. The number of fused-ring (bicyclic) bond motifs is 1. The molecule has 1 aromatic carbocycles. The molecule has 0 fully saturated rings. The highest BCUT2D eigenvalue weighted by Gasteiger charge is 2.05. The van der Waals surface area contributed by atoms with Crippen molar-refractivity contribution in [2.24, 2.45) is 0 Å². The molecule has 0 bridgehead atoms. The SMILES string of the molecule is OCCCOc1cc2cnc(-c3cccc(F)c3)cn2c1. The van der Waals surface area contributed by atoms with Gasteiger partial charge in [0.05, 0.1) is 30.2 Å². The Morgan fingerprint density at radius 1 is 1.24 bits per heavy atom. The molecule has 0 saturated carbocycles. The molecule has 0 aliphatic rings. The van der Waals surface area contributed by atoms with Crippen LogP contribution in [-0.2, 0) is 0 Å². The van der Waals surface area contributed by atoms with Crippen molar-refractivity contribution in [3.05, 3.63) is 54.7 Å². The predicted molar refractivity (Wildman–Crippen MR) is 77.8 cm³/mol. The van der Waals surface area contributed by atoms with Crippen molar-refractivity contribution < 1.29 is 14.2 Å². The van der Waals surface area contributed by atoms with E-state index in [1.807, 2.05) is 28.9 Å². The summed E-state index contributed by atoms with van der Waals surface area (Å²) in [6.07, 6.45) is 6.00. The Morgan fingerprint density at radius 3 is 2.95 bits per heavy atom. The van der Waals surface area contributed by atoms with Crippen molar-refractivity contribution in [1.29, 1.82) is 0 Å². The molecule has 0 radical (unpaired) electrons. The second kappa shape index (κ2) is 5.93. The van der Waals surface area contributed by atoms with E-state index >= 15 is 0 Å². The number of halogens is 1. The van der Waals surface area contributed by atoms with Crippen LogP contribution >= 0.6 is 0 Å². The second-order valence-corrected chi connectivity index (χ2v) is 4.72. The third-order valence-electron chi connectivity index (χ3n) is 3.14. The van der Waals surface area contributed by atoms with Gasteiger partial charge in [-0.1, -0.05) is 12.1 Å². The lowest BCUT2D eigenvalue weighted by atomic mass is 10.1. The smallest absolute Gasteiger partial charge is 0.137 e. The van der Waals surface area contributed by atoms with Gasteiger partial charge in [-0.15, -0.1) is 0 Å². The first-order valence-corrected chi connectivity index (χ1v) is 6.73. The number of ether oxygens (including phenoxy) is 1. The number of aromatic nitrogens is 2. The zero-order chi connectivity index (χ0) is 14.7. The minimum Gasteiger partial charge on any atom is -0.492 e. The van der Waals surface area contributed by atoms with E-state index in [1.165, 1.54) is 12.1 Å². The Labute approximate surface area is 121 Å². The molecule has 0 amide bonds. The van der Waals surface area contributed by atoms with Crippen LogP contribution in [0.25, 0.3) is 16.8 Å². The van der Waals surface area contributed by atoms with Gasteiger partial charge >= 0.3 is 0 Å². The van der Waals surface area contributed by atoms with Crippen molar-refractivity contribution in [2.45, 2.75) is 6.42 Å². The van der Waals surface area contributed by atoms with Gasteiger partial charge in [-0.25, -0.2) is 4.39 Å². The molecule has 3 rings (SSSR count). The molecule has 4 nitrogen and oxygen atoms in total. The lowest BCUT2D eigenvalue weighted by Crippen LogP contribution is -1.98. The van der Waals surface area contributed by atoms with Crippen LogP contribution in [0.4, 0.5) is 4.39 Å². The van der Waals surface area contributed by atoms with Crippen LogP contribution in [0.1, 0.15) is 6.42 Å². The Hall–Kier alpha value is -2.40. The molecule has 108 valence electrons. The first kappa shape index (κ1) is 13.6. The third-order valence-corrected chi connectivity index (χ3v) is 3.14. The first-order chi connectivity index (χ1) is 10.3. The summed E-state index contributed by atoms with van der Waals surface area (Å²) in [5, 5.41) is 8.74. The topological polar surface area (TPSA) is 46.8 Å². The summed E-state index contributed by atoms with van der Waals surface area (Å²) < 4.78 is 20.7. The normalized spacial score (nSPS) is 11.0. The molecule has 3 aromatic rings. The quantitative estimate of drug-likeness (QED) is 0.734. The average molecular weight is 286 g/mol. The Kier molecular flexibility index (Phi) is 3.83. The molecule has 1 N–H and O–H groups in total. The first-order valence-electron chi connectivity index (χ1n) is 6.73. The highest BCUT2D eigenvalue weighted by Crippen LogP contribution is 2.22. The van der Waals surface area contributed by atoms with Crippen LogP contribution in [-0.4, -0.2) is 27.7 Å². The Balaban J connectivity index is 1.89. The van der Waals surface area contributed by atoms with E-state index < -0.39 is 0 Å². The molecule has 21 heavy (non-hydrogen) atoms. The van der Waals surface area contributed by atoms with Crippen molar-refractivity contribution in [3.63, 3.8) is 0 Å². The van der Waals surface area contributed by atoms with E-state index in [-0.39, 0.29) is 12.4 Å². The minimum atomic E-state index is -0.282. The molecule has 0 atom stereocenters. The zero-order valence-corrected chi connectivity index (χ0v) is 11.4. The minimum absolute atomic E-state index is 0.110. The number of rotatable bonds is 5. The van der Waals surface area contributed by atoms with E-state index in [0.29, 0.717) is 18.7 Å². The largest absolute Gasteiger partial charge is 0.492 e. The van der Waals surface area contributed by atoms with Gasteiger partial charge in [0.2, 0.25) is 0 Å². The maximum absolute atomic E-state index is 13.3. The highest BCUT2D eigenvalue weighted by molar-refractivity contribution is 5.61. The molecular formula is C16H15FN2O2. The molecule has 5 heteroatoms. The molecule has 2 aromatic heterocycles. The van der Waals surface area contributed by atoms with Gasteiger partial charge in [-0.2, -0.15) is 0 Å². The number of nitrogens with zero attached hydrogens (tertiary/aromatic N) is 2. The molecular weight excluding hydrogens is 271 g/mol. The number of benzene rings is 1. The lowest BCUT2D eigenvalue weighted by molar-refractivity contribution is 0.233. The summed E-state index contributed by atoms with van der Waals surface area (Å²) in [5.41, 5.74) is 2.32. The Morgan fingerprint density at radius 2 is 2.14 bits per heavy atom. The molecule has 0 saturated heterocycles. The third kappa shape index (κ3) is 3.03. The monoisotopic (exact) mass is 286 g/mol. The Bertz CT molecular complexity index is 755. The fraction of sp³-hybridized carbons (Fsp3) is 0.188. The molecule has 0 unspecified atom stereocenters. The van der Waals surface area contributed by atoms with Crippen LogP contribution in [0.15, 0.2) is 48.9 Å². The summed E-state index contributed by atoms with van der Waals surface area (Å²) in [5.74, 6) is 0.441. The fourth-order valence-electron chi connectivity index (χ4n) is 2.12. The standard InChI is InChI=1S/C16H15FN2O2/c17-13-4-1-3-12(7-13)16-11-19-10-15(21-6-2-5-20)8-14(19)9-18-16/h1,3-4,7-11,20H,2,5-6H2. The van der Waals surface area contributed by atoms with Crippen LogP contribution in [0.2, 0.25) is 0 Å². The van der Waals surface area contributed by atoms with Crippen LogP contribution in [0, 0.1) is 5.82 Å². The lowest BCUT2D eigenvalue weighted by Gasteiger charge is -2.02. The summed E-state index contributed by atoms with van der Waals surface area (Å²) in [6.45, 7) is 0.580. The number of hydrogen-bond donors (Lipinski definition) is 1. The van der Waals surface area contributed by atoms with E-state index in [1.54, 1.807) is 12.3 Å². The molecule has 0 aliphatic carbocycles. The van der Waals surface area contributed by atoms with E-state index in [4.69, 9.17) is 9.84 Å². The van der Waals surface area contributed by atoms with E-state index in [2.05, 4.69) is 4.98 Å². The van der Waals surface area contributed by atoms with Crippen molar-refractivity contribution in [1.82, 2.24) is 9.38 Å². The van der Waals surface area contributed by atoms with Gasteiger partial charge in [0.15, 0.2) is 0 Å². The number of aliphatic hydroxyl groups excluding tert-OH is 1. The number of aliphatic hydroxyl groups is 1. The second-order valence-electron chi connectivity index (χ2n) is 4.72. The summed E-state index contributed by atoms with van der Waals surface area (Å²) in [4.78, 5) is 4.34. The zero-order valence-electron chi connectivity index (χ0n) is 11.4. The van der Waals surface area contributed by atoms with Crippen molar-refractivity contribution in [2.75, 3.05) is 13.2 Å². The van der Waals surface area contributed by atoms with E-state index in [9.17, 15) is 4.39 Å². The van der Waals surface area contributed by atoms with Crippen molar-refractivity contribution in [3.8, 4) is 17.0 Å². The molecule has 2 heterocycles. The van der Waals surface area contributed by atoms with Gasteiger partial charge in [0, 0.05) is 30.9 Å². The van der Waals surface area contributed by atoms with Crippen molar-refractivity contribution >= 4 is 5.52 Å². The summed E-state index contributed by atoms with van der Waals surface area (Å²) >= 11 is 0. The van der Waals surface area contributed by atoms with E-state index in [0.717, 1.165) is 16.8 Å². The van der Waals surface area contributed by atoms with Gasteiger partial charge in [0.25, 0.3) is 0 Å².